The van der Waals surface area contributed by atoms with E-state index in [1.54, 1.807) is 6.07 Å². The van der Waals surface area contributed by atoms with Gasteiger partial charge in [-0.1, -0.05) is 0 Å². The van der Waals surface area contributed by atoms with Crippen molar-refractivity contribution in [3.8, 4) is 0 Å². The molecule has 2 fully saturated rings. The normalized spacial score (nSPS) is 21.3. The van der Waals surface area contributed by atoms with Gasteiger partial charge in [-0.25, -0.2) is 13.8 Å². The summed E-state index contributed by atoms with van der Waals surface area (Å²) >= 11 is 1.83. The Morgan fingerprint density at radius 2 is 2.04 bits per heavy atom. The number of hydrogen-bond donors (Lipinski definition) is 3. The minimum Gasteiger partial charge on any atom is -0.384 e. The molecular formula is C19H25ClF2N4OS. The number of aromatic amines is 1. The SMILES string of the molecule is Cc1cc(NCC2CC2(F)F)cc2nc(CSC3CCNCC3)[nH]c(=O)c12.Cl. The standard InChI is InChI=1S/C19H24F2N4OS.ClH/c1-11-6-13(23-9-12-8-19(12,20)21)7-15-17(11)18(26)25-16(24-15)10-27-14-2-4-22-5-3-14;/h6-7,12,14,22-23H,2-5,8-10H2,1H3,(H,24,25,26);1H. The van der Waals surface area contributed by atoms with E-state index in [9.17, 15) is 13.6 Å². The number of aryl methyl sites for hydroxylation is 1. The molecule has 1 aliphatic heterocycles. The van der Waals surface area contributed by atoms with Crippen molar-refractivity contribution in [1.29, 1.82) is 0 Å². The zero-order valence-electron chi connectivity index (χ0n) is 15.7. The molecule has 3 N–H and O–H groups in total. The Morgan fingerprint density at radius 3 is 2.71 bits per heavy atom. The number of H-pyrrole nitrogens is 1. The van der Waals surface area contributed by atoms with E-state index in [0.717, 1.165) is 37.2 Å². The highest BCUT2D eigenvalue weighted by molar-refractivity contribution is 7.99. The molecule has 5 nitrogen and oxygen atoms in total. The smallest absolute Gasteiger partial charge is 0.259 e. The van der Waals surface area contributed by atoms with Crippen molar-refractivity contribution in [3.63, 3.8) is 0 Å². The molecule has 4 rings (SSSR count). The van der Waals surface area contributed by atoms with E-state index >= 15 is 0 Å². The molecule has 1 unspecified atom stereocenters. The van der Waals surface area contributed by atoms with E-state index in [1.807, 2.05) is 24.8 Å². The molecular weight excluding hydrogens is 406 g/mol. The summed E-state index contributed by atoms with van der Waals surface area (Å²) in [6, 6.07) is 3.61. The first-order chi connectivity index (χ1) is 12.9. The molecule has 1 saturated carbocycles. The number of nitrogens with one attached hydrogen (secondary N) is 3. The van der Waals surface area contributed by atoms with Gasteiger partial charge in [0.1, 0.15) is 5.82 Å². The van der Waals surface area contributed by atoms with Crippen LogP contribution in [0.3, 0.4) is 0 Å². The summed E-state index contributed by atoms with van der Waals surface area (Å²) in [4.78, 5) is 20.0. The Bertz CT molecular complexity index is 901. The van der Waals surface area contributed by atoms with E-state index < -0.39 is 11.8 Å². The highest BCUT2D eigenvalue weighted by Gasteiger charge is 2.56. The Hall–Kier alpha value is -1.38. The van der Waals surface area contributed by atoms with Crippen molar-refractivity contribution in [2.24, 2.45) is 5.92 Å². The number of hydrogen-bond acceptors (Lipinski definition) is 5. The number of fused-ring (bicyclic) bond motifs is 1. The maximum absolute atomic E-state index is 13.1. The summed E-state index contributed by atoms with van der Waals surface area (Å²) in [5.74, 6) is -1.80. The molecule has 1 saturated heterocycles. The lowest BCUT2D eigenvalue weighted by Crippen LogP contribution is -2.29. The Morgan fingerprint density at radius 1 is 1.32 bits per heavy atom. The van der Waals surface area contributed by atoms with Gasteiger partial charge in [0, 0.05) is 29.8 Å². The fourth-order valence-corrected chi connectivity index (χ4v) is 4.68. The van der Waals surface area contributed by atoms with Crippen molar-refractivity contribution in [1.82, 2.24) is 15.3 Å². The predicted octanol–water partition coefficient (Wildman–Crippen LogP) is 3.71. The van der Waals surface area contributed by atoms with Crippen LogP contribution < -0.4 is 16.2 Å². The first-order valence-corrected chi connectivity index (χ1v) is 10.4. The first kappa shape index (κ1) is 21.3. The number of benzene rings is 1. The second kappa shape index (κ2) is 8.55. The summed E-state index contributed by atoms with van der Waals surface area (Å²) < 4.78 is 26.1. The number of thioether (sulfide) groups is 1. The third-order valence-electron chi connectivity index (χ3n) is 5.31. The molecule has 28 heavy (non-hydrogen) atoms. The van der Waals surface area contributed by atoms with Crippen molar-refractivity contribution in [3.05, 3.63) is 33.9 Å². The highest BCUT2D eigenvalue weighted by Crippen LogP contribution is 2.48. The summed E-state index contributed by atoms with van der Waals surface area (Å²) in [7, 11) is 0. The van der Waals surface area contributed by atoms with Crippen LogP contribution in [0.5, 0.6) is 0 Å². The molecule has 154 valence electrons. The summed E-state index contributed by atoms with van der Waals surface area (Å²) in [6.07, 6.45) is 2.20. The average Bonchev–Trinajstić information content (AvgIpc) is 3.25. The molecule has 2 aromatic rings. The van der Waals surface area contributed by atoms with Crippen molar-refractivity contribution >= 4 is 40.8 Å². The molecule has 0 radical (unpaired) electrons. The number of nitrogens with zero attached hydrogens (tertiary/aromatic N) is 1. The monoisotopic (exact) mass is 430 g/mol. The van der Waals surface area contributed by atoms with Crippen LogP contribution in [0, 0.1) is 12.8 Å². The largest absolute Gasteiger partial charge is 0.384 e. The van der Waals surface area contributed by atoms with Crippen molar-refractivity contribution in [2.45, 2.75) is 43.1 Å². The first-order valence-electron chi connectivity index (χ1n) is 9.40. The zero-order chi connectivity index (χ0) is 19.0. The summed E-state index contributed by atoms with van der Waals surface area (Å²) in [5.41, 5.74) is 2.00. The number of aromatic nitrogens is 2. The van der Waals surface area contributed by atoms with Crippen LogP contribution in [-0.2, 0) is 5.75 Å². The van der Waals surface area contributed by atoms with Crippen LogP contribution in [0.15, 0.2) is 16.9 Å². The van der Waals surface area contributed by atoms with Gasteiger partial charge >= 0.3 is 0 Å². The molecule has 9 heteroatoms. The van der Waals surface area contributed by atoms with Gasteiger partial charge in [-0.15, -0.1) is 12.4 Å². The molecule has 0 amide bonds. The minimum atomic E-state index is -2.53. The Labute approximate surface area is 172 Å². The lowest BCUT2D eigenvalue weighted by atomic mass is 10.1. The predicted molar refractivity (Wildman–Crippen MR) is 113 cm³/mol. The van der Waals surface area contributed by atoms with E-state index in [1.165, 1.54) is 0 Å². The van der Waals surface area contributed by atoms with Gasteiger partial charge in [0.15, 0.2) is 0 Å². The maximum atomic E-state index is 13.1. The van der Waals surface area contributed by atoms with E-state index in [4.69, 9.17) is 0 Å². The second-order valence-corrected chi connectivity index (χ2v) is 8.79. The molecule has 0 bridgehead atoms. The second-order valence-electron chi connectivity index (χ2n) is 7.50. The van der Waals surface area contributed by atoms with Crippen LogP contribution in [-0.4, -0.2) is 40.8 Å². The van der Waals surface area contributed by atoms with Crippen LogP contribution in [0.2, 0.25) is 0 Å². The molecule has 1 aliphatic carbocycles. The van der Waals surface area contributed by atoms with E-state index in [0.29, 0.717) is 27.7 Å². The third-order valence-corrected chi connectivity index (χ3v) is 6.69. The number of halogens is 3. The molecule has 1 aromatic carbocycles. The Balaban J connectivity index is 0.00000225. The lowest BCUT2D eigenvalue weighted by molar-refractivity contribution is 0.101. The van der Waals surface area contributed by atoms with Crippen LogP contribution in [0.4, 0.5) is 14.5 Å². The fraction of sp³-hybridized carbons (Fsp3) is 0.579. The van der Waals surface area contributed by atoms with Crippen LogP contribution in [0.25, 0.3) is 10.9 Å². The fourth-order valence-electron chi connectivity index (χ4n) is 3.58. The molecule has 1 aromatic heterocycles. The summed E-state index contributed by atoms with van der Waals surface area (Å²) in [5, 5.41) is 7.57. The van der Waals surface area contributed by atoms with Gasteiger partial charge in [0.05, 0.1) is 16.7 Å². The van der Waals surface area contributed by atoms with E-state index in [2.05, 4.69) is 20.6 Å². The van der Waals surface area contributed by atoms with Gasteiger partial charge < -0.3 is 15.6 Å². The quantitative estimate of drug-likeness (QED) is 0.651. The molecule has 2 heterocycles. The summed E-state index contributed by atoms with van der Waals surface area (Å²) in [6.45, 7) is 4.15. The van der Waals surface area contributed by atoms with Gasteiger partial charge in [-0.3, -0.25) is 4.79 Å². The molecule has 2 aliphatic rings. The number of anilines is 1. The van der Waals surface area contributed by atoms with Crippen molar-refractivity contribution in [2.75, 3.05) is 25.0 Å². The minimum absolute atomic E-state index is 0. The van der Waals surface area contributed by atoms with E-state index in [-0.39, 0.29) is 30.9 Å². The van der Waals surface area contributed by atoms with Gasteiger partial charge in [0.25, 0.3) is 11.5 Å². The lowest BCUT2D eigenvalue weighted by Gasteiger charge is -2.21. The number of piperidine rings is 1. The van der Waals surface area contributed by atoms with Gasteiger partial charge in [-0.05, 0) is 50.6 Å². The molecule has 1 atom stereocenters. The van der Waals surface area contributed by atoms with Crippen LogP contribution in [0.1, 0.15) is 30.7 Å². The van der Waals surface area contributed by atoms with Gasteiger partial charge in [0.2, 0.25) is 0 Å². The highest BCUT2D eigenvalue weighted by atomic mass is 35.5. The maximum Gasteiger partial charge on any atom is 0.259 e. The van der Waals surface area contributed by atoms with Crippen LogP contribution >= 0.6 is 24.2 Å². The topological polar surface area (TPSA) is 69.8 Å². The molecule has 0 spiro atoms. The average molecular weight is 431 g/mol. The number of alkyl halides is 2. The zero-order valence-corrected chi connectivity index (χ0v) is 17.3. The van der Waals surface area contributed by atoms with Gasteiger partial charge in [-0.2, -0.15) is 11.8 Å². The Kier molecular flexibility index (Phi) is 6.51. The number of rotatable bonds is 6. The third kappa shape index (κ3) is 4.78. The van der Waals surface area contributed by atoms with Crippen molar-refractivity contribution < 1.29 is 8.78 Å².